The molecule has 0 bridgehead atoms. The van der Waals surface area contributed by atoms with Gasteiger partial charge in [0.15, 0.2) is 0 Å². The van der Waals surface area contributed by atoms with Crippen LogP contribution in [0.4, 0.5) is 17.1 Å². The number of anilines is 3. The van der Waals surface area contributed by atoms with Crippen LogP contribution in [0.15, 0.2) is 180 Å². The molecule has 0 aliphatic heterocycles. The van der Waals surface area contributed by atoms with Gasteiger partial charge in [-0.05, 0) is 104 Å². The third kappa shape index (κ3) is 4.51. The van der Waals surface area contributed by atoms with Gasteiger partial charge in [-0.1, -0.05) is 115 Å². The Labute approximate surface area is 267 Å². The summed E-state index contributed by atoms with van der Waals surface area (Å²) in [5.74, 6) is 0. The van der Waals surface area contributed by atoms with E-state index in [1.54, 1.807) is 0 Å². The topological polar surface area (TPSA) is 16.4 Å². The van der Waals surface area contributed by atoms with Gasteiger partial charge in [-0.2, -0.15) is 0 Å². The van der Waals surface area contributed by atoms with Gasteiger partial charge in [0.2, 0.25) is 0 Å². The molecule has 0 radical (unpaired) electrons. The summed E-state index contributed by atoms with van der Waals surface area (Å²) in [5.41, 5.74) is 9.99. The van der Waals surface area contributed by atoms with Crippen molar-refractivity contribution in [3.05, 3.63) is 176 Å². The van der Waals surface area contributed by atoms with E-state index in [0.29, 0.717) is 0 Å². The summed E-state index contributed by atoms with van der Waals surface area (Å²) < 4.78 is 6.27. The van der Waals surface area contributed by atoms with Crippen molar-refractivity contribution >= 4 is 60.5 Å². The van der Waals surface area contributed by atoms with E-state index in [9.17, 15) is 0 Å². The lowest BCUT2D eigenvalue weighted by Gasteiger charge is -2.26. The third-order valence-corrected chi connectivity index (χ3v) is 9.00. The molecule has 2 nitrogen and oxygen atoms in total. The highest BCUT2D eigenvalue weighted by molar-refractivity contribution is 6.13. The normalized spacial score (nSPS) is 11.5. The number of hydrogen-bond donors (Lipinski definition) is 0. The lowest BCUT2D eigenvalue weighted by atomic mass is 9.96. The summed E-state index contributed by atoms with van der Waals surface area (Å²) >= 11 is 0. The lowest BCUT2D eigenvalue weighted by Crippen LogP contribution is -2.10. The quantitative estimate of drug-likeness (QED) is 0.199. The zero-order chi connectivity index (χ0) is 30.5. The number of hydrogen-bond acceptors (Lipinski definition) is 2. The van der Waals surface area contributed by atoms with Crippen LogP contribution in [0.25, 0.3) is 65.7 Å². The maximum Gasteiger partial charge on any atom is 0.137 e. The van der Waals surface area contributed by atoms with E-state index in [1.165, 1.54) is 43.8 Å². The Morgan fingerprint density at radius 1 is 0.348 bits per heavy atom. The second kappa shape index (κ2) is 10.8. The smallest absolute Gasteiger partial charge is 0.137 e. The zero-order valence-electron chi connectivity index (χ0n) is 25.1. The van der Waals surface area contributed by atoms with Gasteiger partial charge >= 0.3 is 0 Å². The highest BCUT2D eigenvalue weighted by Gasteiger charge is 2.19. The Balaban J connectivity index is 1.12. The molecule has 8 aromatic carbocycles. The first-order chi connectivity index (χ1) is 22.8. The van der Waals surface area contributed by atoms with Gasteiger partial charge in [-0.3, -0.25) is 0 Å². The molecule has 216 valence electrons. The Morgan fingerprint density at radius 2 is 0.891 bits per heavy atom. The molecule has 0 amide bonds. The predicted molar refractivity (Wildman–Crippen MR) is 194 cm³/mol. The molecule has 9 aromatic rings. The van der Waals surface area contributed by atoms with Gasteiger partial charge in [-0.25, -0.2) is 0 Å². The van der Waals surface area contributed by atoms with Gasteiger partial charge in [0, 0.05) is 16.8 Å². The molecule has 0 unspecified atom stereocenters. The fraction of sp³-hybridized carbons (Fsp3) is 0. The molecule has 1 heterocycles. The Morgan fingerprint density at radius 3 is 1.59 bits per heavy atom. The summed E-state index contributed by atoms with van der Waals surface area (Å²) in [5, 5.41) is 7.13. The molecule has 0 saturated carbocycles. The second-order valence-electron chi connectivity index (χ2n) is 11.8. The van der Waals surface area contributed by atoms with Gasteiger partial charge < -0.3 is 9.32 Å². The first kappa shape index (κ1) is 26.3. The Hall–Kier alpha value is -6.12. The average Bonchev–Trinajstić information content (AvgIpc) is 3.51. The van der Waals surface area contributed by atoms with Crippen LogP contribution in [0.3, 0.4) is 0 Å². The highest BCUT2D eigenvalue weighted by atomic mass is 16.3. The van der Waals surface area contributed by atoms with Crippen molar-refractivity contribution in [1.82, 2.24) is 0 Å². The molecule has 0 aliphatic carbocycles. The molecule has 1 aromatic heterocycles. The van der Waals surface area contributed by atoms with E-state index in [0.717, 1.165) is 39.0 Å². The Kier molecular flexibility index (Phi) is 6.17. The first-order valence-electron chi connectivity index (χ1n) is 15.7. The maximum absolute atomic E-state index is 6.27. The fourth-order valence-electron chi connectivity index (χ4n) is 6.73. The van der Waals surface area contributed by atoms with E-state index in [2.05, 4.69) is 169 Å². The number of benzene rings is 8. The molecular weight excluding hydrogens is 558 g/mol. The van der Waals surface area contributed by atoms with Crippen LogP contribution in [-0.2, 0) is 0 Å². The van der Waals surface area contributed by atoms with E-state index >= 15 is 0 Å². The van der Waals surface area contributed by atoms with Crippen molar-refractivity contribution in [2.24, 2.45) is 0 Å². The van der Waals surface area contributed by atoms with Crippen molar-refractivity contribution < 1.29 is 4.42 Å². The number of rotatable bonds is 5. The largest absolute Gasteiger partial charge is 0.456 e. The van der Waals surface area contributed by atoms with Crippen LogP contribution in [0.2, 0.25) is 0 Å². The molecule has 2 heteroatoms. The monoisotopic (exact) mass is 587 g/mol. The van der Waals surface area contributed by atoms with Crippen LogP contribution in [-0.4, -0.2) is 0 Å². The summed E-state index contributed by atoms with van der Waals surface area (Å²) in [6.45, 7) is 0. The average molecular weight is 588 g/mol. The molecule has 0 saturated heterocycles. The molecule has 0 fully saturated rings. The standard InChI is InChI=1S/C44H29NO/c1-3-10-30(11-4-1)31-18-19-33-27-34(21-20-32(33)26-31)35-22-23-37-29-39(25-24-36(37)28-35)45(38-12-5-2-6-13-38)41-15-9-17-43-44(41)40-14-7-8-16-42(40)46-43/h1-29H. The number of nitrogens with zero attached hydrogens (tertiary/aromatic N) is 1. The van der Waals surface area contributed by atoms with Crippen molar-refractivity contribution in [2.45, 2.75) is 0 Å². The second-order valence-corrected chi connectivity index (χ2v) is 11.8. The van der Waals surface area contributed by atoms with Crippen LogP contribution in [0.1, 0.15) is 0 Å². The third-order valence-electron chi connectivity index (χ3n) is 9.00. The molecule has 0 atom stereocenters. The van der Waals surface area contributed by atoms with Crippen molar-refractivity contribution in [3.63, 3.8) is 0 Å². The lowest BCUT2D eigenvalue weighted by molar-refractivity contribution is 0.669. The van der Waals surface area contributed by atoms with E-state index < -0.39 is 0 Å². The fourth-order valence-corrected chi connectivity index (χ4v) is 6.73. The van der Waals surface area contributed by atoms with Crippen LogP contribution in [0.5, 0.6) is 0 Å². The minimum absolute atomic E-state index is 0.886. The zero-order valence-corrected chi connectivity index (χ0v) is 25.1. The van der Waals surface area contributed by atoms with Crippen LogP contribution in [0, 0.1) is 0 Å². The van der Waals surface area contributed by atoms with E-state index in [4.69, 9.17) is 4.42 Å². The highest BCUT2D eigenvalue weighted by Crippen LogP contribution is 2.43. The SMILES string of the molecule is c1ccc(-c2ccc3cc(-c4ccc5cc(N(c6ccccc6)c6cccc7oc8ccccc8c67)ccc5c4)ccc3c2)cc1. The van der Waals surface area contributed by atoms with Crippen LogP contribution < -0.4 is 4.90 Å². The number of furan rings is 1. The summed E-state index contributed by atoms with van der Waals surface area (Å²) in [6.07, 6.45) is 0. The van der Waals surface area contributed by atoms with Gasteiger partial charge in [-0.15, -0.1) is 0 Å². The van der Waals surface area contributed by atoms with Gasteiger partial charge in [0.25, 0.3) is 0 Å². The van der Waals surface area contributed by atoms with Crippen LogP contribution >= 0.6 is 0 Å². The number of para-hydroxylation sites is 2. The molecule has 0 spiro atoms. The van der Waals surface area contributed by atoms with Crippen molar-refractivity contribution in [2.75, 3.05) is 4.90 Å². The molecule has 46 heavy (non-hydrogen) atoms. The maximum atomic E-state index is 6.27. The first-order valence-corrected chi connectivity index (χ1v) is 15.7. The number of fused-ring (bicyclic) bond motifs is 5. The summed E-state index contributed by atoms with van der Waals surface area (Å²) in [6, 6.07) is 62.8. The van der Waals surface area contributed by atoms with Gasteiger partial charge in [0.1, 0.15) is 11.2 Å². The minimum Gasteiger partial charge on any atom is -0.456 e. The molecule has 0 N–H and O–H groups in total. The molecule has 0 aliphatic rings. The summed E-state index contributed by atoms with van der Waals surface area (Å²) in [7, 11) is 0. The predicted octanol–water partition coefficient (Wildman–Crippen LogP) is 12.7. The van der Waals surface area contributed by atoms with Crippen molar-refractivity contribution in [1.29, 1.82) is 0 Å². The molecule has 9 rings (SSSR count). The van der Waals surface area contributed by atoms with E-state index in [1.807, 2.05) is 12.1 Å². The van der Waals surface area contributed by atoms with Crippen molar-refractivity contribution in [3.8, 4) is 22.3 Å². The Bertz CT molecular complexity index is 2530. The molecular formula is C44H29NO. The van der Waals surface area contributed by atoms with Gasteiger partial charge in [0.05, 0.1) is 11.1 Å². The minimum atomic E-state index is 0.886. The summed E-state index contributed by atoms with van der Waals surface area (Å²) in [4.78, 5) is 2.34. The van der Waals surface area contributed by atoms with E-state index in [-0.39, 0.29) is 0 Å².